The van der Waals surface area contributed by atoms with Crippen molar-refractivity contribution in [2.24, 2.45) is 11.7 Å². The van der Waals surface area contributed by atoms with Crippen LogP contribution in [0.15, 0.2) is 4.47 Å². The van der Waals surface area contributed by atoms with Crippen LogP contribution in [0, 0.1) is 5.92 Å². The second-order valence-electron chi connectivity index (χ2n) is 6.33. The van der Waals surface area contributed by atoms with Crippen molar-refractivity contribution in [2.75, 3.05) is 0 Å². The molecule has 1 fully saturated rings. The minimum atomic E-state index is -0.647. The van der Waals surface area contributed by atoms with Gasteiger partial charge < -0.3 is 5.73 Å². The van der Waals surface area contributed by atoms with Gasteiger partial charge in [-0.2, -0.15) is 5.10 Å². The maximum atomic E-state index is 12.8. The molecule has 0 aromatic carbocycles. The summed E-state index contributed by atoms with van der Waals surface area (Å²) in [4.78, 5) is 12.8. The van der Waals surface area contributed by atoms with Crippen LogP contribution in [-0.2, 0) is 24.2 Å². The summed E-state index contributed by atoms with van der Waals surface area (Å²) in [5.74, 6) is 0.699. The third-order valence-electron chi connectivity index (χ3n) is 4.61. The number of carbonyl (C=O) groups excluding carboxylic acids is 1. The van der Waals surface area contributed by atoms with Gasteiger partial charge in [-0.15, -0.1) is 0 Å². The Hall–Kier alpha value is -0.680. The molecule has 2 rings (SSSR count). The summed E-state index contributed by atoms with van der Waals surface area (Å²) in [5, 5.41) is 4.56. The van der Waals surface area contributed by atoms with Crippen LogP contribution in [0.5, 0.6) is 0 Å². The lowest BCUT2D eigenvalue weighted by Crippen LogP contribution is -2.51. The summed E-state index contributed by atoms with van der Waals surface area (Å²) in [6.07, 6.45) is 5.10. The standard InChI is InChI=1S/C16H26BrN3O/c1-4-12-15(17)13(20(5-2)19-12)9-14(21)16(18)8-6-7-11(3)10-16/h11H,4-10,18H2,1-3H3. The van der Waals surface area contributed by atoms with Crippen molar-refractivity contribution < 1.29 is 4.79 Å². The number of hydrogen-bond donors (Lipinski definition) is 1. The number of hydrogen-bond acceptors (Lipinski definition) is 3. The van der Waals surface area contributed by atoms with Gasteiger partial charge in [0.1, 0.15) is 0 Å². The van der Waals surface area contributed by atoms with Gasteiger partial charge in [0.15, 0.2) is 5.78 Å². The van der Waals surface area contributed by atoms with Gasteiger partial charge in [0.2, 0.25) is 0 Å². The quantitative estimate of drug-likeness (QED) is 0.881. The zero-order chi connectivity index (χ0) is 15.6. The minimum Gasteiger partial charge on any atom is -0.319 e. The monoisotopic (exact) mass is 355 g/mol. The van der Waals surface area contributed by atoms with Crippen LogP contribution < -0.4 is 5.73 Å². The zero-order valence-electron chi connectivity index (χ0n) is 13.3. The van der Waals surface area contributed by atoms with E-state index in [1.807, 2.05) is 11.6 Å². The number of aryl methyl sites for hydroxylation is 2. The molecule has 1 aliphatic carbocycles. The van der Waals surface area contributed by atoms with E-state index < -0.39 is 5.54 Å². The van der Waals surface area contributed by atoms with Crippen LogP contribution in [0.1, 0.15) is 57.8 Å². The predicted molar refractivity (Wildman–Crippen MR) is 88.2 cm³/mol. The van der Waals surface area contributed by atoms with Crippen molar-refractivity contribution in [3.8, 4) is 0 Å². The average molecular weight is 356 g/mol. The molecular weight excluding hydrogens is 330 g/mol. The fourth-order valence-electron chi connectivity index (χ4n) is 3.36. The Morgan fingerprint density at radius 1 is 1.52 bits per heavy atom. The highest BCUT2D eigenvalue weighted by Crippen LogP contribution is 2.33. The molecule has 5 heteroatoms. The predicted octanol–water partition coefficient (Wildman–Crippen LogP) is 3.25. The fraction of sp³-hybridized carbons (Fsp3) is 0.750. The van der Waals surface area contributed by atoms with Crippen molar-refractivity contribution in [3.05, 3.63) is 15.9 Å². The Bertz CT molecular complexity index is 526. The van der Waals surface area contributed by atoms with Crippen LogP contribution >= 0.6 is 15.9 Å². The molecule has 4 nitrogen and oxygen atoms in total. The highest BCUT2D eigenvalue weighted by molar-refractivity contribution is 9.10. The summed E-state index contributed by atoms with van der Waals surface area (Å²) in [6, 6.07) is 0. The Morgan fingerprint density at radius 3 is 2.81 bits per heavy atom. The third-order valence-corrected chi connectivity index (χ3v) is 5.53. The van der Waals surface area contributed by atoms with Crippen molar-refractivity contribution >= 4 is 21.7 Å². The molecule has 2 unspecified atom stereocenters. The topological polar surface area (TPSA) is 60.9 Å². The van der Waals surface area contributed by atoms with Crippen LogP contribution in [-0.4, -0.2) is 21.1 Å². The fourth-order valence-corrected chi connectivity index (χ4v) is 4.06. The lowest BCUT2D eigenvalue weighted by Gasteiger charge is -2.35. The van der Waals surface area contributed by atoms with E-state index in [-0.39, 0.29) is 5.78 Å². The zero-order valence-corrected chi connectivity index (χ0v) is 14.9. The van der Waals surface area contributed by atoms with Gasteiger partial charge in [0.25, 0.3) is 0 Å². The van der Waals surface area contributed by atoms with Crippen molar-refractivity contribution in [1.29, 1.82) is 0 Å². The minimum absolute atomic E-state index is 0.159. The lowest BCUT2D eigenvalue weighted by atomic mass is 9.74. The lowest BCUT2D eigenvalue weighted by molar-refractivity contribution is -0.125. The normalized spacial score (nSPS) is 26.0. The SMILES string of the molecule is CCc1nn(CC)c(CC(=O)C2(N)CCCC(C)C2)c1Br. The number of Topliss-reactive ketones (excluding diaryl/α,β-unsaturated/α-hetero) is 1. The van der Waals surface area contributed by atoms with Crippen LogP contribution in [0.2, 0.25) is 0 Å². The summed E-state index contributed by atoms with van der Waals surface area (Å²) in [6.45, 7) is 7.09. The van der Waals surface area contributed by atoms with E-state index in [2.05, 4.69) is 34.9 Å². The maximum Gasteiger partial charge on any atom is 0.158 e. The molecule has 1 saturated carbocycles. The molecule has 0 spiro atoms. The summed E-state index contributed by atoms with van der Waals surface area (Å²) in [5.41, 5.74) is 7.77. The van der Waals surface area contributed by atoms with Gasteiger partial charge in [-0.25, -0.2) is 0 Å². The average Bonchev–Trinajstić information content (AvgIpc) is 2.75. The Kier molecular flexibility index (Phi) is 5.25. The largest absolute Gasteiger partial charge is 0.319 e. The van der Waals surface area contributed by atoms with Gasteiger partial charge in [-0.3, -0.25) is 9.48 Å². The molecule has 1 aliphatic rings. The first-order chi connectivity index (χ1) is 9.91. The molecule has 118 valence electrons. The molecule has 0 bridgehead atoms. The molecule has 1 aromatic rings. The summed E-state index contributed by atoms with van der Waals surface area (Å²) < 4.78 is 2.91. The van der Waals surface area contributed by atoms with E-state index in [4.69, 9.17) is 5.73 Å². The van der Waals surface area contributed by atoms with Crippen molar-refractivity contribution in [1.82, 2.24) is 9.78 Å². The van der Waals surface area contributed by atoms with Crippen LogP contribution in [0.25, 0.3) is 0 Å². The molecule has 0 aliphatic heterocycles. The first-order valence-electron chi connectivity index (χ1n) is 7.97. The van der Waals surface area contributed by atoms with Crippen LogP contribution in [0.3, 0.4) is 0 Å². The van der Waals surface area contributed by atoms with E-state index in [0.717, 1.165) is 48.1 Å². The van der Waals surface area contributed by atoms with Crippen molar-refractivity contribution in [2.45, 2.75) is 71.4 Å². The van der Waals surface area contributed by atoms with Gasteiger partial charge >= 0.3 is 0 Å². The Labute approximate surface area is 135 Å². The van der Waals surface area contributed by atoms with Crippen molar-refractivity contribution in [3.63, 3.8) is 0 Å². The van der Waals surface area contributed by atoms with Gasteiger partial charge in [-0.1, -0.05) is 26.7 Å². The molecule has 21 heavy (non-hydrogen) atoms. The highest BCUT2D eigenvalue weighted by atomic mass is 79.9. The van der Waals surface area contributed by atoms with E-state index in [9.17, 15) is 4.79 Å². The van der Waals surface area contributed by atoms with Gasteiger partial charge in [0, 0.05) is 6.54 Å². The number of carbonyl (C=O) groups is 1. The number of ketones is 1. The molecule has 1 heterocycles. The number of aromatic nitrogens is 2. The van der Waals surface area contributed by atoms with E-state index in [1.165, 1.54) is 6.42 Å². The molecule has 2 atom stereocenters. The van der Waals surface area contributed by atoms with E-state index in [1.54, 1.807) is 0 Å². The second kappa shape index (κ2) is 6.61. The second-order valence-corrected chi connectivity index (χ2v) is 7.13. The molecular formula is C16H26BrN3O. The summed E-state index contributed by atoms with van der Waals surface area (Å²) >= 11 is 3.61. The maximum absolute atomic E-state index is 12.8. The number of rotatable bonds is 5. The first-order valence-corrected chi connectivity index (χ1v) is 8.76. The summed E-state index contributed by atoms with van der Waals surface area (Å²) in [7, 11) is 0. The van der Waals surface area contributed by atoms with E-state index >= 15 is 0 Å². The van der Waals surface area contributed by atoms with Gasteiger partial charge in [0.05, 0.1) is 27.8 Å². The molecule has 0 amide bonds. The molecule has 0 radical (unpaired) electrons. The highest BCUT2D eigenvalue weighted by Gasteiger charge is 2.38. The Balaban J connectivity index is 2.21. The number of nitrogens with two attached hydrogens (primary N) is 1. The molecule has 1 aromatic heterocycles. The molecule has 2 N–H and O–H groups in total. The van der Waals surface area contributed by atoms with E-state index in [0.29, 0.717) is 12.3 Å². The number of halogens is 1. The number of nitrogens with zero attached hydrogens (tertiary/aromatic N) is 2. The Morgan fingerprint density at radius 2 is 2.24 bits per heavy atom. The smallest absolute Gasteiger partial charge is 0.158 e. The van der Waals surface area contributed by atoms with Crippen LogP contribution in [0.4, 0.5) is 0 Å². The first kappa shape index (κ1) is 16.7. The third kappa shape index (κ3) is 3.39. The van der Waals surface area contributed by atoms with Gasteiger partial charge in [-0.05, 0) is 48.0 Å². The molecule has 0 saturated heterocycles.